The molecule has 0 saturated carbocycles. The Bertz CT molecular complexity index is 658. The third kappa shape index (κ3) is 4.05. The molecular weight excluding hydrogens is 334 g/mol. The molecule has 0 aromatic carbocycles. The SMILES string of the molecule is CC(C)CN1CC(=O)N2CCCN(C(=O)CCn3ccnc3)CC2C1=O. The van der Waals surface area contributed by atoms with Gasteiger partial charge >= 0.3 is 0 Å². The van der Waals surface area contributed by atoms with E-state index in [9.17, 15) is 14.4 Å². The summed E-state index contributed by atoms with van der Waals surface area (Å²) in [7, 11) is 0. The second-order valence-corrected chi connectivity index (χ2v) is 7.46. The normalized spacial score (nSPS) is 21.2. The number of nitrogens with zero attached hydrogens (tertiary/aromatic N) is 5. The molecule has 0 radical (unpaired) electrons. The molecule has 8 nitrogen and oxygen atoms in total. The van der Waals surface area contributed by atoms with Gasteiger partial charge in [0, 0.05) is 45.0 Å². The molecule has 0 spiro atoms. The van der Waals surface area contributed by atoms with Crippen molar-refractivity contribution in [3.63, 3.8) is 0 Å². The quantitative estimate of drug-likeness (QED) is 0.751. The predicted molar refractivity (Wildman–Crippen MR) is 95.0 cm³/mol. The van der Waals surface area contributed by atoms with Crippen LogP contribution in [0.5, 0.6) is 0 Å². The fraction of sp³-hybridized carbons (Fsp3) is 0.667. The second kappa shape index (κ2) is 7.88. The van der Waals surface area contributed by atoms with Crippen LogP contribution in [0, 0.1) is 5.92 Å². The summed E-state index contributed by atoms with van der Waals surface area (Å²) in [6.07, 6.45) is 6.26. The van der Waals surface area contributed by atoms with Crippen LogP contribution in [0.4, 0.5) is 0 Å². The maximum absolute atomic E-state index is 12.9. The van der Waals surface area contributed by atoms with E-state index in [2.05, 4.69) is 4.98 Å². The summed E-state index contributed by atoms with van der Waals surface area (Å²) in [4.78, 5) is 47.0. The van der Waals surface area contributed by atoms with E-state index in [0.717, 1.165) is 0 Å². The summed E-state index contributed by atoms with van der Waals surface area (Å²) >= 11 is 0. The van der Waals surface area contributed by atoms with Gasteiger partial charge in [0.25, 0.3) is 0 Å². The molecule has 3 rings (SSSR count). The van der Waals surface area contributed by atoms with Gasteiger partial charge in [-0.25, -0.2) is 4.98 Å². The van der Waals surface area contributed by atoms with Gasteiger partial charge in [-0.1, -0.05) is 13.8 Å². The van der Waals surface area contributed by atoms with Crippen LogP contribution in [0.2, 0.25) is 0 Å². The summed E-state index contributed by atoms with van der Waals surface area (Å²) in [5.74, 6) is 0.273. The molecule has 2 fully saturated rings. The number of hydrogen-bond donors (Lipinski definition) is 0. The third-order valence-electron chi connectivity index (χ3n) is 4.92. The molecule has 1 aromatic rings. The largest absolute Gasteiger partial charge is 0.340 e. The van der Waals surface area contributed by atoms with E-state index in [0.29, 0.717) is 51.5 Å². The lowest BCUT2D eigenvalue weighted by atomic mass is 10.1. The fourth-order valence-corrected chi connectivity index (χ4v) is 3.66. The van der Waals surface area contributed by atoms with Gasteiger partial charge < -0.3 is 19.3 Å². The topological polar surface area (TPSA) is 78.8 Å². The van der Waals surface area contributed by atoms with Crippen molar-refractivity contribution in [1.82, 2.24) is 24.3 Å². The van der Waals surface area contributed by atoms with Crippen molar-refractivity contribution >= 4 is 17.7 Å². The summed E-state index contributed by atoms with van der Waals surface area (Å²) in [5.41, 5.74) is 0. The lowest BCUT2D eigenvalue weighted by Crippen LogP contribution is -2.62. The van der Waals surface area contributed by atoms with Crippen LogP contribution in [-0.2, 0) is 20.9 Å². The monoisotopic (exact) mass is 361 g/mol. The Hall–Kier alpha value is -2.38. The number of aryl methyl sites for hydroxylation is 1. The zero-order chi connectivity index (χ0) is 18.7. The summed E-state index contributed by atoms with van der Waals surface area (Å²) in [6, 6.07) is -0.547. The number of hydrogen-bond acceptors (Lipinski definition) is 4. The summed E-state index contributed by atoms with van der Waals surface area (Å²) in [5, 5.41) is 0. The first kappa shape index (κ1) is 18.4. The van der Waals surface area contributed by atoms with Crippen molar-refractivity contribution in [1.29, 1.82) is 0 Å². The van der Waals surface area contributed by atoms with Crippen molar-refractivity contribution in [2.45, 2.75) is 39.3 Å². The van der Waals surface area contributed by atoms with Crippen molar-refractivity contribution < 1.29 is 14.4 Å². The average Bonchev–Trinajstić information content (AvgIpc) is 3.00. The van der Waals surface area contributed by atoms with E-state index in [4.69, 9.17) is 0 Å². The highest BCUT2D eigenvalue weighted by Gasteiger charge is 2.41. The van der Waals surface area contributed by atoms with Crippen LogP contribution in [-0.4, -0.2) is 80.7 Å². The van der Waals surface area contributed by atoms with Crippen molar-refractivity contribution in [3.05, 3.63) is 18.7 Å². The number of carbonyl (C=O) groups is 3. The Labute approximate surface area is 153 Å². The molecule has 1 unspecified atom stereocenters. The minimum atomic E-state index is -0.547. The van der Waals surface area contributed by atoms with Gasteiger partial charge in [-0.3, -0.25) is 14.4 Å². The fourth-order valence-electron chi connectivity index (χ4n) is 3.66. The molecule has 3 amide bonds. The number of carbonyl (C=O) groups excluding carboxylic acids is 3. The van der Waals surface area contributed by atoms with Crippen molar-refractivity contribution in [2.75, 3.05) is 32.7 Å². The molecule has 142 valence electrons. The Kier molecular flexibility index (Phi) is 5.58. The molecule has 1 aromatic heterocycles. The van der Waals surface area contributed by atoms with E-state index in [-0.39, 0.29) is 24.3 Å². The van der Waals surface area contributed by atoms with Crippen LogP contribution < -0.4 is 0 Å². The minimum absolute atomic E-state index is 0.0111. The first-order chi connectivity index (χ1) is 12.5. The van der Waals surface area contributed by atoms with E-state index in [1.54, 1.807) is 27.2 Å². The van der Waals surface area contributed by atoms with Gasteiger partial charge in [0.05, 0.1) is 19.4 Å². The highest BCUT2D eigenvalue weighted by Crippen LogP contribution is 2.19. The number of imidazole rings is 1. The molecule has 26 heavy (non-hydrogen) atoms. The minimum Gasteiger partial charge on any atom is -0.340 e. The predicted octanol–water partition coefficient (Wildman–Crippen LogP) is 0.201. The first-order valence-electron chi connectivity index (χ1n) is 9.27. The lowest BCUT2D eigenvalue weighted by molar-refractivity contribution is -0.156. The molecule has 2 aliphatic heterocycles. The zero-order valence-corrected chi connectivity index (χ0v) is 15.5. The highest BCUT2D eigenvalue weighted by molar-refractivity contribution is 5.95. The Morgan fingerprint density at radius 2 is 2.12 bits per heavy atom. The van der Waals surface area contributed by atoms with E-state index < -0.39 is 6.04 Å². The maximum atomic E-state index is 12.9. The van der Waals surface area contributed by atoms with Crippen molar-refractivity contribution in [3.8, 4) is 0 Å². The molecule has 0 aliphatic carbocycles. The van der Waals surface area contributed by atoms with Gasteiger partial charge in [0.2, 0.25) is 17.7 Å². The van der Waals surface area contributed by atoms with Crippen LogP contribution in [0.3, 0.4) is 0 Å². The lowest BCUT2D eigenvalue weighted by Gasteiger charge is -2.40. The zero-order valence-electron chi connectivity index (χ0n) is 15.5. The van der Waals surface area contributed by atoms with Crippen LogP contribution in [0.25, 0.3) is 0 Å². The van der Waals surface area contributed by atoms with Gasteiger partial charge in [0.1, 0.15) is 6.04 Å². The van der Waals surface area contributed by atoms with Gasteiger partial charge in [-0.2, -0.15) is 0 Å². The number of fused-ring (bicyclic) bond motifs is 1. The van der Waals surface area contributed by atoms with Gasteiger partial charge in [-0.15, -0.1) is 0 Å². The highest BCUT2D eigenvalue weighted by atomic mass is 16.2. The Morgan fingerprint density at radius 3 is 2.81 bits per heavy atom. The van der Waals surface area contributed by atoms with Crippen molar-refractivity contribution in [2.24, 2.45) is 5.92 Å². The van der Waals surface area contributed by atoms with E-state index >= 15 is 0 Å². The van der Waals surface area contributed by atoms with E-state index in [1.807, 2.05) is 24.6 Å². The average molecular weight is 361 g/mol. The number of amides is 3. The molecule has 8 heteroatoms. The molecule has 1 atom stereocenters. The molecule has 0 N–H and O–H groups in total. The molecule has 2 aliphatic rings. The van der Waals surface area contributed by atoms with Crippen LogP contribution in [0.1, 0.15) is 26.7 Å². The van der Waals surface area contributed by atoms with Gasteiger partial charge in [-0.05, 0) is 12.3 Å². The number of aromatic nitrogens is 2. The van der Waals surface area contributed by atoms with Gasteiger partial charge in [0.15, 0.2) is 0 Å². The van der Waals surface area contributed by atoms with E-state index in [1.165, 1.54) is 0 Å². The molecule has 0 bridgehead atoms. The summed E-state index contributed by atoms with van der Waals surface area (Å²) in [6.45, 7) is 6.77. The molecule has 2 saturated heterocycles. The number of piperazine rings is 1. The van der Waals surface area contributed by atoms with Crippen LogP contribution in [0.15, 0.2) is 18.7 Å². The maximum Gasteiger partial charge on any atom is 0.247 e. The molecular formula is C18H27N5O3. The first-order valence-corrected chi connectivity index (χ1v) is 9.27. The standard InChI is InChI=1S/C18H27N5O3/c1-14(2)10-22-12-17(25)23-7-3-6-21(11-15(23)18(22)26)16(24)4-8-20-9-5-19-13-20/h5,9,13-15H,3-4,6-8,10-12H2,1-2H3. The second-order valence-electron chi connectivity index (χ2n) is 7.46. The Morgan fingerprint density at radius 1 is 1.31 bits per heavy atom. The smallest absolute Gasteiger partial charge is 0.247 e. The van der Waals surface area contributed by atoms with Crippen LogP contribution >= 0.6 is 0 Å². The summed E-state index contributed by atoms with van der Waals surface area (Å²) < 4.78 is 1.86. The number of rotatable bonds is 5. The molecule has 3 heterocycles. The Balaban J connectivity index is 1.66. The third-order valence-corrected chi connectivity index (χ3v) is 4.92.